The maximum atomic E-state index is 6.19. The highest BCUT2D eigenvalue weighted by molar-refractivity contribution is 6.31. The molecule has 0 aliphatic rings. The van der Waals surface area contributed by atoms with Crippen LogP contribution in [-0.2, 0) is 0 Å². The topological polar surface area (TPSA) is 56.7 Å². The number of pyridine rings is 1. The monoisotopic (exact) mass is 284 g/mol. The quantitative estimate of drug-likeness (QED) is 0.784. The van der Waals surface area contributed by atoms with E-state index in [-0.39, 0.29) is 0 Å². The van der Waals surface area contributed by atoms with Gasteiger partial charge in [0.1, 0.15) is 0 Å². The molecule has 100 valence electrons. The Kier molecular flexibility index (Phi) is 3.16. The van der Waals surface area contributed by atoms with Crippen molar-refractivity contribution in [1.29, 1.82) is 0 Å². The number of aromatic nitrogens is 3. The second-order valence-electron chi connectivity index (χ2n) is 4.55. The Morgan fingerprint density at radius 1 is 1.15 bits per heavy atom. The first kappa shape index (κ1) is 12.7. The van der Waals surface area contributed by atoms with Gasteiger partial charge >= 0.3 is 0 Å². The van der Waals surface area contributed by atoms with Crippen molar-refractivity contribution in [3.63, 3.8) is 0 Å². The summed E-state index contributed by atoms with van der Waals surface area (Å²) in [6.45, 7) is 1.97. The van der Waals surface area contributed by atoms with E-state index < -0.39 is 0 Å². The Labute approximate surface area is 121 Å². The van der Waals surface area contributed by atoms with Gasteiger partial charge in [0.15, 0.2) is 0 Å². The molecule has 0 atom stereocenters. The summed E-state index contributed by atoms with van der Waals surface area (Å²) in [5.74, 6) is 0. The third kappa shape index (κ3) is 2.14. The molecular weight excluding hydrogens is 272 g/mol. The van der Waals surface area contributed by atoms with Gasteiger partial charge in [-0.15, -0.1) is 0 Å². The van der Waals surface area contributed by atoms with Crippen LogP contribution in [0.15, 0.2) is 49.2 Å². The summed E-state index contributed by atoms with van der Waals surface area (Å²) >= 11 is 6.19. The van der Waals surface area contributed by atoms with Gasteiger partial charge in [-0.05, 0) is 30.7 Å². The highest BCUT2D eigenvalue weighted by Gasteiger charge is 2.10. The van der Waals surface area contributed by atoms with Crippen LogP contribution in [0.4, 0.5) is 5.69 Å². The van der Waals surface area contributed by atoms with Gasteiger partial charge in [0.2, 0.25) is 0 Å². The summed E-state index contributed by atoms with van der Waals surface area (Å²) in [6.07, 6.45) is 6.91. The van der Waals surface area contributed by atoms with E-state index in [2.05, 4.69) is 9.97 Å². The smallest absolute Gasteiger partial charge is 0.0997 e. The predicted molar refractivity (Wildman–Crippen MR) is 81.0 cm³/mol. The molecule has 5 heteroatoms. The lowest BCUT2D eigenvalue weighted by Crippen LogP contribution is -1.98. The molecule has 0 unspecified atom stereocenters. The number of benzene rings is 1. The van der Waals surface area contributed by atoms with E-state index in [1.54, 1.807) is 31.0 Å². The lowest BCUT2D eigenvalue weighted by Gasteiger charge is -2.10. The molecule has 0 bridgehead atoms. The van der Waals surface area contributed by atoms with Crippen molar-refractivity contribution in [3.05, 3.63) is 59.8 Å². The summed E-state index contributed by atoms with van der Waals surface area (Å²) < 4.78 is 1.94. The van der Waals surface area contributed by atoms with Crippen molar-refractivity contribution in [3.8, 4) is 16.9 Å². The molecule has 0 saturated heterocycles. The third-order valence-corrected chi connectivity index (χ3v) is 3.61. The Morgan fingerprint density at radius 3 is 2.75 bits per heavy atom. The standard InChI is InChI=1S/C15H13ClN4/c1-10-2-3-11(6-13(10)16)20-9-19-8-15(20)12-7-18-5-4-14(12)17/h2-9H,1H3,(H2,17,18). The van der Waals surface area contributed by atoms with Gasteiger partial charge in [0.25, 0.3) is 0 Å². The minimum Gasteiger partial charge on any atom is -0.398 e. The molecular formula is C15H13ClN4. The molecule has 0 aliphatic heterocycles. The first-order valence-electron chi connectivity index (χ1n) is 6.15. The third-order valence-electron chi connectivity index (χ3n) is 3.20. The van der Waals surface area contributed by atoms with Gasteiger partial charge in [0.05, 0.1) is 18.2 Å². The Hall–Kier alpha value is -2.33. The first-order chi connectivity index (χ1) is 9.66. The number of halogens is 1. The summed E-state index contributed by atoms with van der Waals surface area (Å²) in [7, 11) is 0. The second-order valence-corrected chi connectivity index (χ2v) is 4.95. The van der Waals surface area contributed by atoms with Crippen LogP contribution in [0.3, 0.4) is 0 Å². The molecule has 0 amide bonds. The van der Waals surface area contributed by atoms with Crippen LogP contribution in [0.5, 0.6) is 0 Å². The van der Waals surface area contributed by atoms with Crippen molar-refractivity contribution in [2.75, 3.05) is 5.73 Å². The van der Waals surface area contributed by atoms with E-state index in [0.29, 0.717) is 5.69 Å². The van der Waals surface area contributed by atoms with Gasteiger partial charge in [-0.2, -0.15) is 0 Å². The maximum absolute atomic E-state index is 6.19. The van der Waals surface area contributed by atoms with Gasteiger partial charge in [0, 0.05) is 34.4 Å². The van der Waals surface area contributed by atoms with Crippen LogP contribution < -0.4 is 5.73 Å². The number of nitrogens with zero attached hydrogens (tertiary/aromatic N) is 3. The highest BCUT2D eigenvalue weighted by atomic mass is 35.5. The number of imidazole rings is 1. The molecule has 0 saturated carbocycles. The van der Waals surface area contributed by atoms with E-state index >= 15 is 0 Å². The average Bonchev–Trinajstić information content (AvgIpc) is 2.91. The predicted octanol–water partition coefficient (Wildman–Crippen LogP) is 3.48. The van der Waals surface area contributed by atoms with E-state index in [1.165, 1.54) is 0 Å². The molecule has 4 nitrogen and oxygen atoms in total. The number of nitrogen functional groups attached to an aromatic ring is 1. The Balaban J connectivity index is 2.15. The SMILES string of the molecule is Cc1ccc(-n2cncc2-c2cnccc2N)cc1Cl. The maximum Gasteiger partial charge on any atom is 0.0997 e. The van der Waals surface area contributed by atoms with Crippen LogP contribution in [0.2, 0.25) is 5.02 Å². The number of anilines is 1. The van der Waals surface area contributed by atoms with E-state index in [4.69, 9.17) is 17.3 Å². The van der Waals surface area contributed by atoms with Gasteiger partial charge < -0.3 is 5.73 Å². The van der Waals surface area contributed by atoms with Crippen molar-refractivity contribution in [2.24, 2.45) is 0 Å². The van der Waals surface area contributed by atoms with Crippen molar-refractivity contribution < 1.29 is 0 Å². The number of hydrogen-bond acceptors (Lipinski definition) is 3. The largest absolute Gasteiger partial charge is 0.398 e. The lowest BCUT2D eigenvalue weighted by atomic mass is 10.1. The van der Waals surface area contributed by atoms with Gasteiger partial charge in [-0.1, -0.05) is 17.7 Å². The summed E-state index contributed by atoms with van der Waals surface area (Å²) in [5, 5.41) is 0.723. The highest BCUT2D eigenvalue weighted by Crippen LogP contribution is 2.28. The Morgan fingerprint density at radius 2 is 2.00 bits per heavy atom. The van der Waals surface area contributed by atoms with Crippen LogP contribution >= 0.6 is 11.6 Å². The second kappa shape index (κ2) is 4.98. The minimum absolute atomic E-state index is 0.667. The van der Waals surface area contributed by atoms with Gasteiger partial charge in [-0.25, -0.2) is 4.98 Å². The molecule has 3 rings (SSSR count). The van der Waals surface area contributed by atoms with E-state index in [0.717, 1.165) is 27.5 Å². The van der Waals surface area contributed by atoms with Crippen LogP contribution in [0.1, 0.15) is 5.56 Å². The molecule has 1 aromatic carbocycles. The fraction of sp³-hybridized carbons (Fsp3) is 0.0667. The molecule has 0 fully saturated rings. The van der Waals surface area contributed by atoms with Crippen LogP contribution in [0.25, 0.3) is 16.9 Å². The zero-order valence-corrected chi connectivity index (χ0v) is 11.7. The molecule has 0 radical (unpaired) electrons. The van der Waals surface area contributed by atoms with Crippen molar-refractivity contribution in [1.82, 2.24) is 14.5 Å². The molecule has 2 heterocycles. The minimum atomic E-state index is 0.667. The lowest BCUT2D eigenvalue weighted by molar-refractivity contribution is 1.06. The molecule has 0 spiro atoms. The number of nitrogens with two attached hydrogens (primary N) is 1. The van der Waals surface area contributed by atoms with Crippen molar-refractivity contribution >= 4 is 17.3 Å². The normalized spacial score (nSPS) is 10.7. The molecule has 3 aromatic rings. The van der Waals surface area contributed by atoms with Crippen LogP contribution in [0, 0.1) is 6.92 Å². The van der Waals surface area contributed by atoms with E-state index in [9.17, 15) is 0 Å². The number of rotatable bonds is 2. The molecule has 20 heavy (non-hydrogen) atoms. The van der Waals surface area contributed by atoms with Gasteiger partial charge in [-0.3, -0.25) is 9.55 Å². The zero-order chi connectivity index (χ0) is 14.1. The number of hydrogen-bond donors (Lipinski definition) is 1. The number of aryl methyl sites for hydroxylation is 1. The zero-order valence-electron chi connectivity index (χ0n) is 10.9. The average molecular weight is 285 g/mol. The molecule has 2 N–H and O–H groups in total. The van der Waals surface area contributed by atoms with Crippen molar-refractivity contribution in [2.45, 2.75) is 6.92 Å². The fourth-order valence-electron chi connectivity index (χ4n) is 2.05. The first-order valence-corrected chi connectivity index (χ1v) is 6.53. The summed E-state index contributed by atoms with van der Waals surface area (Å²) in [6, 6.07) is 7.66. The fourth-order valence-corrected chi connectivity index (χ4v) is 2.23. The molecule has 2 aromatic heterocycles. The summed E-state index contributed by atoms with van der Waals surface area (Å²) in [5.41, 5.74) is 10.4. The van der Waals surface area contributed by atoms with Crippen LogP contribution in [-0.4, -0.2) is 14.5 Å². The summed E-state index contributed by atoms with van der Waals surface area (Å²) in [4.78, 5) is 8.33. The Bertz CT molecular complexity index is 764. The molecule has 0 aliphatic carbocycles. The van der Waals surface area contributed by atoms with E-state index in [1.807, 2.05) is 29.7 Å².